The van der Waals surface area contributed by atoms with E-state index in [1.165, 1.54) is 0 Å². The first-order valence-corrected chi connectivity index (χ1v) is 9.62. The van der Waals surface area contributed by atoms with E-state index in [0.717, 1.165) is 0 Å². The molecule has 3 amide bonds. The Kier molecular flexibility index (Phi) is 12.5. The van der Waals surface area contributed by atoms with Gasteiger partial charge in [0.05, 0.1) is 12.6 Å². The molecule has 8 N–H and O–H groups in total. The number of amides is 3. The summed E-state index contributed by atoms with van der Waals surface area (Å²) >= 11 is 0. The van der Waals surface area contributed by atoms with Gasteiger partial charge in [0.1, 0.15) is 12.1 Å². The molecule has 176 valence electrons. The average Bonchev–Trinajstić information content (AvgIpc) is 2.65. The Morgan fingerprint density at radius 3 is 1.84 bits per heavy atom. The molecule has 0 rings (SSSR count). The summed E-state index contributed by atoms with van der Waals surface area (Å²) in [5, 5.41) is 33.4. The smallest absolute Gasteiger partial charge is 0.326 e. The fourth-order valence-electron chi connectivity index (χ4n) is 2.46. The van der Waals surface area contributed by atoms with Gasteiger partial charge in [-0.1, -0.05) is 13.8 Å². The Bertz CT molecular complexity index is 681. The lowest BCUT2D eigenvalue weighted by Crippen LogP contribution is -2.54. The van der Waals surface area contributed by atoms with Gasteiger partial charge in [-0.25, -0.2) is 4.79 Å². The molecule has 3 unspecified atom stereocenters. The van der Waals surface area contributed by atoms with Crippen LogP contribution in [0.1, 0.15) is 46.0 Å². The number of hydrogen-bond donors (Lipinski definition) is 7. The molecule has 0 spiro atoms. The fourth-order valence-corrected chi connectivity index (χ4v) is 2.46. The van der Waals surface area contributed by atoms with Crippen molar-refractivity contribution in [3.8, 4) is 0 Å². The van der Waals surface area contributed by atoms with E-state index in [-0.39, 0.29) is 31.6 Å². The van der Waals surface area contributed by atoms with Gasteiger partial charge < -0.3 is 37.0 Å². The van der Waals surface area contributed by atoms with Gasteiger partial charge in [0, 0.05) is 12.8 Å². The minimum Gasteiger partial charge on any atom is -0.481 e. The first-order chi connectivity index (χ1) is 14.3. The normalized spacial score (nSPS) is 13.5. The molecule has 3 atom stereocenters. The summed E-state index contributed by atoms with van der Waals surface area (Å²) in [7, 11) is 0. The summed E-state index contributed by atoms with van der Waals surface area (Å²) in [6.45, 7) is 2.93. The van der Waals surface area contributed by atoms with E-state index >= 15 is 0 Å². The topological polar surface area (TPSA) is 225 Å². The lowest BCUT2D eigenvalue weighted by atomic mass is 10.0. The lowest BCUT2D eigenvalue weighted by Gasteiger charge is -2.22. The Labute approximate surface area is 178 Å². The average molecular weight is 446 g/mol. The minimum absolute atomic E-state index is 0.0472. The van der Waals surface area contributed by atoms with Crippen LogP contribution in [-0.2, 0) is 28.8 Å². The molecule has 0 fully saturated rings. The molecule has 0 aromatic heterocycles. The minimum atomic E-state index is -1.34. The molecule has 13 heteroatoms. The predicted molar refractivity (Wildman–Crippen MR) is 106 cm³/mol. The predicted octanol–water partition coefficient (Wildman–Crippen LogP) is -1.74. The zero-order valence-corrected chi connectivity index (χ0v) is 17.4. The van der Waals surface area contributed by atoms with Crippen LogP contribution in [0.4, 0.5) is 0 Å². The third-order valence-corrected chi connectivity index (χ3v) is 4.05. The number of carboxylic acid groups (broad SMARTS) is 3. The number of carboxylic acids is 3. The first kappa shape index (κ1) is 27.8. The number of aliphatic carboxylic acids is 3. The quantitative estimate of drug-likeness (QED) is 0.150. The highest BCUT2D eigenvalue weighted by molar-refractivity contribution is 5.92. The SMILES string of the molecule is CC(C)CC(NC(=O)C(CCC(=O)O)NC(=O)CNC(=O)C(N)CCC(=O)O)C(=O)O. The van der Waals surface area contributed by atoms with Crippen molar-refractivity contribution in [3.63, 3.8) is 0 Å². The maximum atomic E-state index is 12.4. The second kappa shape index (κ2) is 13.9. The summed E-state index contributed by atoms with van der Waals surface area (Å²) in [4.78, 5) is 69.0. The van der Waals surface area contributed by atoms with Crippen LogP contribution in [0, 0.1) is 5.92 Å². The summed E-state index contributed by atoms with van der Waals surface area (Å²) in [5.74, 6) is -6.15. The van der Waals surface area contributed by atoms with E-state index in [1.807, 2.05) is 0 Å². The molecule has 0 bridgehead atoms. The van der Waals surface area contributed by atoms with Crippen molar-refractivity contribution in [1.82, 2.24) is 16.0 Å². The number of hydrogen-bond acceptors (Lipinski definition) is 7. The van der Waals surface area contributed by atoms with Gasteiger partial charge >= 0.3 is 17.9 Å². The van der Waals surface area contributed by atoms with Crippen molar-refractivity contribution >= 4 is 35.6 Å². The summed E-state index contributed by atoms with van der Waals surface area (Å²) in [6, 6.07) is -3.71. The molecule has 0 aromatic carbocycles. The molecule has 0 aliphatic carbocycles. The molecule has 31 heavy (non-hydrogen) atoms. The number of carbonyl (C=O) groups is 6. The highest BCUT2D eigenvalue weighted by Gasteiger charge is 2.27. The van der Waals surface area contributed by atoms with Gasteiger partial charge in [0.25, 0.3) is 0 Å². The molecule has 0 saturated heterocycles. The molecule has 0 heterocycles. The van der Waals surface area contributed by atoms with Crippen molar-refractivity contribution in [2.75, 3.05) is 6.54 Å². The van der Waals surface area contributed by atoms with Crippen LogP contribution in [-0.4, -0.2) is 75.6 Å². The third-order valence-electron chi connectivity index (χ3n) is 4.05. The third kappa shape index (κ3) is 12.8. The van der Waals surface area contributed by atoms with Crippen LogP contribution in [0.15, 0.2) is 0 Å². The maximum absolute atomic E-state index is 12.4. The van der Waals surface area contributed by atoms with Gasteiger partial charge in [-0.15, -0.1) is 0 Å². The number of nitrogens with two attached hydrogens (primary N) is 1. The molecule has 13 nitrogen and oxygen atoms in total. The fraction of sp³-hybridized carbons (Fsp3) is 0.667. The van der Waals surface area contributed by atoms with E-state index in [1.54, 1.807) is 13.8 Å². The Morgan fingerprint density at radius 1 is 0.806 bits per heavy atom. The van der Waals surface area contributed by atoms with Crippen LogP contribution >= 0.6 is 0 Å². The zero-order chi connectivity index (χ0) is 24.1. The molecule has 0 saturated carbocycles. The lowest BCUT2D eigenvalue weighted by molar-refractivity contribution is -0.143. The largest absolute Gasteiger partial charge is 0.481 e. The first-order valence-electron chi connectivity index (χ1n) is 9.62. The molecule has 0 aliphatic heterocycles. The van der Waals surface area contributed by atoms with E-state index < -0.39 is 66.7 Å². The Morgan fingerprint density at radius 2 is 1.35 bits per heavy atom. The van der Waals surface area contributed by atoms with Gasteiger partial charge in [-0.05, 0) is 25.2 Å². The van der Waals surface area contributed by atoms with Crippen LogP contribution < -0.4 is 21.7 Å². The highest BCUT2D eigenvalue weighted by Crippen LogP contribution is 2.07. The maximum Gasteiger partial charge on any atom is 0.326 e. The summed E-state index contributed by atoms with van der Waals surface area (Å²) < 4.78 is 0. The van der Waals surface area contributed by atoms with Crippen molar-refractivity contribution < 1.29 is 44.1 Å². The van der Waals surface area contributed by atoms with Gasteiger partial charge in [-0.2, -0.15) is 0 Å². The molecule has 0 aromatic rings. The van der Waals surface area contributed by atoms with Gasteiger partial charge in [0.2, 0.25) is 17.7 Å². The van der Waals surface area contributed by atoms with E-state index in [4.69, 9.17) is 15.9 Å². The van der Waals surface area contributed by atoms with Gasteiger partial charge in [-0.3, -0.25) is 24.0 Å². The molecule has 0 aliphatic rings. The molecular formula is C18H30N4O9. The van der Waals surface area contributed by atoms with Crippen molar-refractivity contribution in [3.05, 3.63) is 0 Å². The van der Waals surface area contributed by atoms with Gasteiger partial charge in [0.15, 0.2) is 0 Å². The monoisotopic (exact) mass is 446 g/mol. The number of rotatable bonds is 15. The molecular weight excluding hydrogens is 416 g/mol. The van der Waals surface area contributed by atoms with E-state index in [0.29, 0.717) is 0 Å². The van der Waals surface area contributed by atoms with Crippen LogP contribution in [0.3, 0.4) is 0 Å². The highest BCUT2D eigenvalue weighted by atomic mass is 16.4. The van der Waals surface area contributed by atoms with Crippen LogP contribution in [0.2, 0.25) is 0 Å². The second-order valence-corrected chi connectivity index (χ2v) is 7.34. The van der Waals surface area contributed by atoms with Crippen molar-refractivity contribution in [1.29, 1.82) is 0 Å². The Balaban J connectivity index is 4.93. The number of carbonyl (C=O) groups excluding carboxylic acids is 3. The van der Waals surface area contributed by atoms with Crippen molar-refractivity contribution in [2.24, 2.45) is 11.7 Å². The van der Waals surface area contributed by atoms with Crippen LogP contribution in [0.5, 0.6) is 0 Å². The second-order valence-electron chi connectivity index (χ2n) is 7.34. The van der Waals surface area contributed by atoms with E-state index in [2.05, 4.69) is 16.0 Å². The summed E-state index contributed by atoms with van der Waals surface area (Å²) in [5.41, 5.74) is 5.51. The van der Waals surface area contributed by atoms with Crippen molar-refractivity contribution in [2.45, 2.75) is 64.1 Å². The number of nitrogens with one attached hydrogen (secondary N) is 3. The van der Waals surface area contributed by atoms with Crippen LogP contribution in [0.25, 0.3) is 0 Å². The summed E-state index contributed by atoms with van der Waals surface area (Å²) in [6.07, 6.45) is -1.11. The molecule has 0 radical (unpaired) electrons. The Hall–Kier alpha value is -3.22. The zero-order valence-electron chi connectivity index (χ0n) is 17.4. The standard InChI is InChI=1S/C18H30N4O9/c1-9(2)7-12(18(30)31)22-17(29)11(4-6-15(26)27)21-13(23)8-20-16(28)10(19)3-5-14(24)25/h9-12H,3-8,19H2,1-2H3,(H,20,28)(H,21,23)(H,22,29)(H,24,25)(H,26,27)(H,30,31). The van der Waals surface area contributed by atoms with E-state index in [9.17, 15) is 33.9 Å².